The van der Waals surface area contributed by atoms with E-state index in [2.05, 4.69) is 9.97 Å². The quantitative estimate of drug-likeness (QED) is 0.720. The third kappa shape index (κ3) is 1.91. The highest BCUT2D eigenvalue weighted by Crippen LogP contribution is 2.23. The molecule has 1 aromatic rings. The second-order valence-electron chi connectivity index (χ2n) is 3.66. The number of nitrogen functional groups attached to an aromatic ring is 1. The normalized spacial score (nSPS) is 19.8. The molecule has 1 unspecified atom stereocenters. The standard InChI is InChI=1S/C10H14N4O2/c1-16-9(15)7-3-2-6-14(7)10-12-5-4-8(11)13-10/h4-5,7H,2-3,6H2,1H3,(H2,11,12,13). The molecule has 6 heteroatoms. The van der Waals surface area contributed by atoms with E-state index in [0.29, 0.717) is 11.8 Å². The first kappa shape index (κ1) is 10.7. The van der Waals surface area contributed by atoms with Crippen LogP contribution in [0.5, 0.6) is 0 Å². The fourth-order valence-corrected chi connectivity index (χ4v) is 1.89. The molecule has 86 valence electrons. The highest BCUT2D eigenvalue weighted by atomic mass is 16.5. The fourth-order valence-electron chi connectivity index (χ4n) is 1.89. The summed E-state index contributed by atoms with van der Waals surface area (Å²) in [5.41, 5.74) is 5.59. The smallest absolute Gasteiger partial charge is 0.328 e. The molecule has 1 aliphatic heterocycles. The first-order valence-electron chi connectivity index (χ1n) is 5.15. The highest BCUT2D eigenvalue weighted by molar-refractivity contribution is 5.79. The van der Waals surface area contributed by atoms with Crippen LogP contribution in [0.3, 0.4) is 0 Å². The zero-order chi connectivity index (χ0) is 11.5. The molecule has 0 radical (unpaired) electrons. The van der Waals surface area contributed by atoms with E-state index in [0.717, 1.165) is 19.4 Å². The minimum atomic E-state index is -0.285. The number of anilines is 2. The van der Waals surface area contributed by atoms with Gasteiger partial charge in [0.15, 0.2) is 0 Å². The summed E-state index contributed by atoms with van der Waals surface area (Å²) in [6.45, 7) is 0.753. The Balaban J connectivity index is 2.23. The summed E-state index contributed by atoms with van der Waals surface area (Å²) < 4.78 is 4.75. The van der Waals surface area contributed by atoms with Crippen LogP contribution in [0.4, 0.5) is 11.8 Å². The van der Waals surface area contributed by atoms with Crippen LogP contribution in [0.25, 0.3) is 0 Å². The first-order valence-corrected chi connectivity index (χ1v) is 5.15. The van der Waals surface area contributed by atoms with Crippen LogP contribution in [0, 0.1) is 0 Å². The van der Waals surface area contributed by atoms with Crippen LogP contribution in [0.1, 0.15) is 12.8 Å². The van der Waals surface area contributed by atoms with Crippen molar-refractivity contribution in [1.82, 2.24) is 9.97 Å². The number of hydrogen-bond donors (Lipinski definition) is 1. The van der Waals surface area contributed by atoms with Gasteiger partial charge in [0.2, 0.25) is 5.95 Å². The second kappa shape index (κ2) is 4.34. The number of hydrogen-bond acceptors (Lipinski definition) is 6. The van der Waals surface area contributed by atoms with E-state index >= 15 is 0 Å². The molecule has 2 heterocycles. The van der Waals surface area contributed by atoms with E-state index in [-0.39, 0.29) is 12.0 Å². The maximum Gasteiger partial charge on any atom is 0.328 e. The zero-order valence-electron chi connectivity index (χ0n) is 9.09. The number of rotatable bonds is 2. The van der Waals surface area contributed by atoms with Gasteiger partial charge in [-0.2, -0.15) is 4.98 Å². The zero-order valence-corrected chi connectivity index (χ0v) is 9.09. The van der Waals surface area contributed by atoms with Gasteiger partial charge in [-0.1, -0.05) is 0 Å². The van der Waals surface area contributed by atoms with Gasteiger partial charge in [-0.05, 0) is 18.9 Å². The predicted octanol–water partition coefficient (Wildman–Crippen LogP) is 0.201. The van der Waals surface area contributed by atoms with Crippen LogP contribution in [0.2, 0.25) is 0 Å². The summed E-state index contributed by atoms with van der Waals surface area (Å²) in [4.78, 5) is 21.6. The highest BCUT2D eigenvalue weighted by Gasteiger charge is 2.33. The first-order chi connectivity index (χ1) is 7.72. The molecular weight excluding hydrogens is 208 g/mol. The van der Waals surface area contributed by atoms with Gasteiger partial charge in [0.05, 0.1) is 7.11 Å². The number of aromatic nitrogens is 2. The molecule has 1 atom stereocenters. The summed E-state index contributed by atoms with van der Waals surface area (Å²) in [7, 11) is 1.39. The predicted molar refractivity (Wildman–Crippen MR) is 58.8 cm³/mol. The van der Waals surface area contributed by atoms with E-state index in [1.54, 1.807) is 12.3 Å². The number of carbonyl (C=O) groups excluding carboxylic acids is 1. The molecule has 0 aromatic carbocycles. The van der Waals surface area contributed by atoms with Crippen molar-refractivity contribution >= 4 is 17.7 Å². The minimum absolute atomic E-state index is 0.247. The van der Waals surface area contributed by atoms with Crippen LogP contribution in [-0.4, -0.2) is 35.6 Å². The van der Waals surface area contributed by atoms with Crippen molar-refractivity contribution in [3.8, 4) is 0 Å². The third-order valence-corrected chi connectivity index (χ3v) is 2.65. The van der Waals surface area contributed by atoms with Crippen molar-refractivity contribution in [3.63, 3.8) is 0 Å². The molecule has 1 aromatic heterocycles. The molecule has 0 spiro atoms. The van der Waals surface area contributed by atoms with Gasteiger partial charge in [0.25, 0.3) is 0 Å². The topological polar surface area (TPSA) is 81.3 Å². The monoisotopic (exact) mass is 222 g/mol. The van der Waals surface area contributed by atoms with Crippen molar-refractivity contribution in [2.24, 2.45) is 0 Å². The van der Waals surface area contributed by atoms with E-state index < -0.39 is 0 Å². The van der Waals surface area contributed by atoms with Gasteiger partial charge < -0.3 is 15.4 Å². The lowest BCUT2D eigenvalue weighted by Crippen LogP contribution is -2.38. The van der Waals surface area contributed by atoms with Crippen LogP contribution in [0.15, 0.2) is 12.3 Å². The van der Waals surface area contributed by atoms with Gasteiger partial charge in [0.1, 0.15) is 11.9 Å². The molecule has 2 N–H and O–H groups in total. The van der Waals surface area contributed by atoms with Gasteiger partial charge in [-0.25, -0.2) is 9.78 Å². The molecule has 6 nitrogen and oxygen atoms in total. The Labute approximate surface area is 93.4 Å². The van der Waals surface area contributed by atoms with Crippen molar-refractivity contribution in [2.45, 2.75) is 18.9 Å². The minimum Gasteiger partial charge on any atom is -0.467 e. The summed E-state index contributed by atoms with van der Waals surface area (Å²) in [6.07, 6.45) is 3.28. The second-order valence-corrected chi connectivity index (χ2v) is 3.66. The molecule has 0 amide bonds. The number of nitrogens with zero attached hydrogens (tertiary/aromatic N) is 3. The van der Waals surface area contributed by atoms with Crippen LogP contribution >= 0.6 is 0 Å². The van der Waals surface area contributed by atoms with Gasteiger partial charge in [0, 0.05) is 12.7 Å². The van der Waals surface area contributed by atoms with E-state index in [1.807, 2.05) is 4.90 Å². The largest absolute Gasteiger partial charge is 0.467 e. The maximum atomic E-state index is 11.5. The molecular formula is C10H14N4O2. The Morgan fingerprint density at radius 2 is 2.50 bits per heavy atom. The van der Waals surface area contributed by atoms with E-state index in [4.69, 9.17) is 10.5 Å². The number of nitrogens with two attached hydrogens (primary N) is 1. The molecule has 0 saturated carbocycles. The Morgan fingerprint density at radius 1 is 1.69 bits per heavy atom. The number of carbonyl (C=O) groups is 1. The Bertz CT molecular complexity index is 396. The maximum absolute atomic E-state index is 11.5. The summed E-state index contributed by atoms with van der Waals surface area (Å²) in [5, 5.41) is 0. The lowest BCUT2D eigenvalue weighted by Gasteiger charge is -2.22. The Kier molecular flexibility index (Phi) is 2.89. The number of ether oxygens (including phenoxy) is 1. The van der Waals surface area contributed by atoms with Crippen molar-refractivity contribution < 1.29 is 9.53 Å². The molecule has 1 aliphatic rings. The Morgan fingerprint density at radius 3 is 3.19 bits per heavy atom. The third-order valence-electron chi connectivity index (χ3n) is 2.65. The summed E-state index contributed by atoms with van der Waals surface area (Å²) in [6, 6.07) is 1.33. The molecule has 16 heavy (non-hydrogen) atoms. The number of esters is 1. The van der Waals surface area contributed by atoms with Gasteiger partial charge in [-0.15, -0.1) is 0 Å². The molecule has 1 saturated heterocycles. The van der Waals surface area contributed by atoms with Gasteiger partial charge >= 0.3 is 5.97 Å². The molecule has 0 aliphatic carbocycles. The SMILES string of the molecule is COC(=O)C1CCCN1c1nccc(N)n1. The lowest BCUT2D eigenvalue weighted by atomic mass is 10.2. The summed E-state index contributed by atoms with van der Waals surface area (Å²) >= 11 is 0. The number of methoxy groups -OCH3 is 1. The fraction of sp³-hybridized carbons (Fsp3) is 0.500. The van der Waals surface area contributed by atoms with Gasteiger partial charge in [-0.3, -0.25) is 0 Å². The van der Waals surface area contributed by atoms with Crippen molar-refractivity contribution in [2.75, 3.05) is 24.3 Å². The van der Waals surface area contributed by atoms with Crippen molar-refractivity contribution in [3.05, 3.63) is 12.3 Å². The average Bonchev–Trinajstić information content (AvgIpc) is 2.77. The summed E-state index contributed by atoms with van der Waals surface area (Å²) in [5.74, 6) is 0.650. The van der Waals surface area contributed by atoms with E-state index in [9.17, 15) is 4.79 Å². The lowest BCUT2D eigenvalue weighted by molar-refractivity contribution is -0.141. The average molecular weight is 222 g/mol. The Hall–Kier alpha value is -1.85. The molecule has 0 bridgehead atoms. The molecule has 2 rings (SSSR count). The van der Waals surface area contributed by atoms with E-state index in [1.165, 1.54) is 7.11 Å². The van der Waals surface area contributed by atoms with Crippen LogP contribution in [-0.2, 0) is 9.53 Å². The van der Waals surface area contributed by atoms with Crippen LogP contribution < -0.4 is 10.6 Å². The van der Waals surface area contributed by atoms with Crippen molar-refractivity contribution in [1.29, 1.82) is 0 Å². The molecule has 1 fully saturated rings.